The van der Waals surface area contributed by atoms with E-state index in [0.717, 1.165) is 33.6 Å². The predicted octanol–water partition coefficient (Wildman–Crippen LogP) is 5.58. The largest absolute Gasteiger partial charge is 0.481 e. The second-order valence-corrected chi connectivity index (χ2v) is 8.20. The van der Waals surface area contributed by atoms with Crippen LogP contribution in [0, 0.1) is 6.92 Å². The fourth-order valence-corrected chi connectivity index (χ4v) is 3.99. The van der Waals surface area contributed by atoms with Gasteiger partial charge < -0.3 is 19.7 Å². The molecule has 0 unspecified atom stereocenters. The number of nitrogens with one attached hydrogen (secondary N) is 1. The second kappa shape index (κ2) is 8.09. The van der Waals surface area contributed by atoms with Gasteiger partial charge in [0.05, 0.1) is 12.5 Å². The van der Waals surface area contributed by atoms with Crippen molar-refractivity contribution < 1.29 is 19.2 Å². The maximum atomic E-state index is 11.6. The van der Waals surface area contributed by atoms with Crippen LogP contribution in [-0.2, 0) is 10.2 Å². The first kappa shape index (κ1) is 20.8. The summed E-state index contributed by atoms with van der Waals surface area (Å²) in [6.45, 7) is 1.87. The molecule has 1 fully saturated rings. The third-order valence-electron chi connectivity index (χ3n) is 6.13. The number of benzene rings is 2. The summed E-state index contributed by atoms with van der Waals surface area (Å²) < 4.78 is 10.8. The molecule has 2 heterocycles. The lowest BCUT2D eigenvalue weighted by molar-refractivity contribution is -0.140. The molecule has 1 aliphatic rings. The van der Waals surface area contributed by atoms with Gasteiger partial charge in [-0.3, -0.25) is 4.79 Å². The Hall–Kier alpha value is -4.13. The molecule has 2 aromatic heterocycles. The van der Waals surface area contributed by atoms with Crippen molar-refractivity contribution in [3.05, 3.63) is 78.0 Å². The number of hydrogen-bond acceptors (Lipinski definition) is 6. The van der Waals surface area contributed by atoms with Gasteiger partial charge in [0.15, 0.2) is 5.76 Å². The lowest BCUT2D eigenvalue weighted by atomic mass is 9.93. The molecule has 7 heteroatoms. The molecule has 5 rings (SSSR count). The maximum Gasteiger partial charge on any atom is 0.314 e. The molecule has 0 saturated heterocycles. The van der Waals surface area contributed by atoms with Crippen LogP contribution in [0.4, 0.5) is 11.5 Å². The number of carbonyl (C=O) groups is 1. The quantitative estimate of drug-likeness (QED) is 0.386. The number of anilines is 2. The number of hydrogen-bond donors (Lipinski definition) is 2. The van der Waals surface area contributed by atoms with Gasteiger partial charge >= 0.3 is 5.97 Å². The fraction of sp³-hybridized carbons (Fsp3) is 0.192. The standard InChI is InChI=1S/C26H23N3O4/c1-16-23(28-21-4-3-5-22(27-21)32-2)24(33-29-16)19-8-6-17(7-9-19)18-10-12-20(13-11-18)26(14-15-26)25(30)31/h3-13H,14-15H2,1-2H3,(H,27,28)(H,30,31). The highest BCUT2D eigenvalue weighted by Crippen LogP contribution is 2.48. The number of rotatable bonds is 7. The van der Waals surface area contributed by atoms with Gasteiger partial charge in [-0.1, -0.05) is 59.8 Å². The molecule has 166 valence electrons. The smallest absolute Gasteiger partial charge is 0.314 e. The second-order valence-electron chi connectivity index (χ2n) is 8.20. The molecule has 0 spiro atoms. The molecular formula is C26H23N3O4. The van der Waals surface area contributed by atoms with E-state index < -0.39 is 11.4 Å². The highest BCUT2D eigenvalue weighted by molar-refractivity contribution is 5.85. The van der Waals surface area contributed by atoms with Crippen LogP contribution in [0.15, 0.2) is 71.3 Å². The summed E-state index contributed by atoms with van der Waals surface area (Å²) in [4.78, 5) is 16.0. The monoisotopic (exact) mass is 441 g/mol. The fourth-order valence-electron chi connectivity index (χ4n) is 3.99. The van der Waals surface area contributed by atoms with Crippen molar-refractivity contribution >= 4 is 17.5 Å². The van der Waals surface area contributed by atoms with Crippen molar-refractivity contribution in [1.29, 1.82) is 0 Å². The third kappa shape index (κ3) is 3.82. The van der Waals surface area contributed by atoms with Gasteiger partial charge in [0.2, 0.25) is 5.88 Å². The van der Waals surface area contributed by atoms with E-state index in [1.54, 1.807) is 13.2 Å². The number of nitrogens with zero attached hydrogens (tertiary/aromatic N) is 2. The Morgan fingerprint density at radius 2 is 1.64 bits per heavy atom. The number of aromatic nitrogens is 2. The first-order valence-corrected chi connectivity index (χ1v) is 10.7. The summed E-state index contributed by atoms with van der Waals surface area (Å²) in [7, 11) is 1.58. The average Bonchev–Trinajstić information content (AvgIpc) is 3.59. The van der Waals surface area contributed by atoms with E-state index in [2.05, 4.69) is 15.5 Å². The van der Waals surface area contributed by atoms with Crippen LogP contribution in [0.1, 0.15) is 24.1 Å². The lowest BCUT2D eigenvalue weighted by Crippen LogP contribution is -2.19. The Morgan fingerprint density at radius 1 is 1.00 bits per heavy atom. The summed E-state index contributed by atoms with van der Waals surface area (Å²) in [6, 6.07) is 21.3. The molecule has 0 bridgehead atoms. The van der Waals surface area contributed by atoms with E-state index in [0.29, 0.717) is 30.3 Å². The number of aliphatic carboxylic acids is 1. The van der Waals surface area contributed by atoms with E-state index in [1.807, 2.05) is 67.6 Å². The zero-order valence-corrected chi connectivity index (χ0v) is 18.3. The van der Waals surface area contributed by atoms with Crippen molar-refractivity contribution in [2.24, 2.45) is 0 Å². The van der Waals surface area contributed by atoms with Gasteiger partial charge in [-0.15, -0.1) is 0 Å². The van der Waals surface area contributed by atoms with Crippen molar-refractivity contribution in [1.82, 2.24) is 10.1 Å². The van der Waals surface area contributed by atoms with Gasteiger partial charge in [0.1, 0.15) is 17.2 Å². The number of methoxy groups -OCH3 is 1. The molecule has 1 saturated carbocycles. The zero-order valence-electron chi connectivity index (χ0n) is 18.3. The number of carboxylic acid groups (broad SMARTS) is 1. The average molecular weight is 441 g/mol. The SMILES string of the molecule is COc1cccc(Nc2c(C)noc2-c2ccc(-c3ccc(C4(C(=O)O)CC4)cc3)cc2)n1. The number of pyridine rings is 1. The van der Waals surface area contributed by atoms with Gasteiger partial charge in [0.25, 0.3) is 0 Å². The zero-order chi connectivity index (χ0) is 23.0. The molecule has 33 heavy (non-hydrogen) atoms. The van der Waals surface area contributed by atoms with Crippen LogP contribution in [0.3, 0.4) is 0 Å². The highest BCUT2D eigenvalue weighted by atomic mass is 16.5. The summed E-state index contributed by atoms with van der Waals surface area (Å²) in [6.07, 6.45) is 1.41. The summed E-state index contributed by atoms with van der Waals surface area (Å²) in [5.74, 6) is 1.03. The van der Waals surface area contributed by atoms with Crippen LogP contribution in [0.2, 0.25) is 0 Å². The van der Waals surface area contributed by atoms with Crippen molar-refractivity contribution in [2.75, 3.05) is 12.4 Å². The van der Waals surface area contributed by atoms with E-state index >= 15 is 0 Å². The first-order chi connectivity index (χ1) is 16.0. The minimum absolute atomic E-state index is 0.516. The van der Waals surface area contributed by atoms with Gasteiger partial charge in [-0.05, 0) is 42.5 Å². The molecule has 7 nitrogen and oxygen atoms in total. The predicted molar refractivity (Wildman–Crippen MR) is 125 cm³/mol. The topological polar surface area (TPSA) is 97.5 Å². The minimum Gasteiger partial charge on any atom is -0.481 e. The molecule has 2 N–H and O–H groups in total. The highest BCUT2D eigenvalue weighted by Gasteiger charge is 2.51. The van der Waals surface area contributed by atoms with Crippen molar-refractivity contribution in [3.8, 4) is 28.3 Å². The van der Waals surface area contributed by atoms with Gasteiger partial charge in [-0.25, -0.2) is 0 Å². The normalized spacial score (nSPS) is 14.0. The summed E-state index contributed by atoms with van der Waals surface area (Å²) >= 11 is 0. The molecule has 4 aromatic rings. The Labute approximate surface area is 191 Å². The molecule has 2 aromatic carbocycles. The van der Waals surface area contributed by atoms with Crippen molar-refractivity contribution in [2.45, 2.75) is 25.2 Å². The van der Waals surface area contributed by atoms with Crippen LogP contribution >= 0.6 is 0 Å². The van der Waals surface area contributed by atoms with E-state index in [1.165, 1.54) is 0 Å². The molecule has 0 aliphatic heterocycles. The third-order valence-corrected chi connectivity index (χ3v) is 6.13. The Bertz CT molecular complexity index is 1310. The Kier molecular flexibility index (Phi) is 5.09. The minimum atomic E-state index is -0.740. The Balaban J connectivity index is 1.39. The van der Waals surface area contributed by atoms with Crippen molar-refractivity contribution in [3.63, 3.8) is 0 Å². The molecule has 0 radical (unpaired) electrons. The number of carboxylic acids is 1. The summed E-state index contributed by atoms with van der Waals surface area (Å²) in [5, 5.41) is 16.9. The summed E-state index contributed by atoms with van der Waals surface area (Å²) in [5.41, 5.74) is 4.59. The Morgan fingerprint density at radius 3 is 2.24 bits per heavy atom. The van der Waals surface area contributed by atoms with Crippen LogP contribution < -0.4 is 10.1 Å². The van der Waals surface area contributed by atoms with Crippen LogP contribution in [0.25, 0.3) is 22.5 Å². The van der Waals surface area contributed by atoms with E-state index in [4.69, 9.17) is 9.26 Å². The molecular weight excluding hydrogens is 418 g/mol. The first-order valence-electron chi connectivity index (χ1n) is 10.7. The van der Waals surface area contributed by atoms with Crippen LogP contribution in [-0.4, -0.2) is 28.3 Å². The lowest BCUT2D eigenvalue weighted by Gasteiger charge is -2.11. The maximum absolute atomic E-state index is 11.6. The van der Waals surface area contributed by atoms with E-state index in [-0.39, 0.29) is 0 Å². The van der Waals surface area contributed by atoms with E-state index in [9.17, 15) is 9.90 Å². The van der Waals surface area contributed by atoms with Gasteiger partial charge in [-0.2, -0.15) is 4.98 Å². The number of ether oxygens (including phenoxy) is 1. The molecule has 0 amide bonds. The molecule has 0 atom stereocenters. The number of aryl methyl sites for hydroxylation is 1. The van der Waals surface area contributed by atoms with Gasteiger partial charge in [0, 0.05) is 11.6 Å². The van der Waals surface area contributed by atoms with Crippen LogP contribution in [0.5, 0.6) is 5.88 Å². The molecule has 1 aliphatic carbocycles.